The van der Waals surface area contributed by atoms with E-state index in [0.29, 0.717) is 27.4 Å². The highest BCUT2D eigenvalue weighted by atomic mass is 35.5. The molecule has 0 saturated carbocycles. The maximum Gasteiger partial charge on any atom is 0.197 e. The molecule has 0 spiro atoms. The Hall–Kier alpha value is -3.12. The van der Waals surface area contributed by atoms with Crippen LogP contribution in [-0.2, 0) is 0 Å². The summed E-state index contributed by atoms with van der Waals surface area (Å²) >= 11 is 18.4. The van der Waals surface area contributed by atoms with Gasteiger partial charge in [-0.05, 0) is 31.0 Å². The van der Waals surface area contributed by atoms with E-state index in [1.165, 1.54) is 18.2 Å². The first-order valence-electron chi connectivity index (χ1n) is 9.44. The van der Waals surface area contributed by atoms with Gasteiger partial charge in [0.25, 0.3) is 0 Å². The molecule has 1 aliphatic rings. The highest BCUT2D eigenvalue weighted by molar-refractivity contribution is 6.41. The fourth-order valence-corrected chi connectivity index (χ4v) is 4.37. The van der Waals surface area contributed by atoms with E-state index < -0.39 is 5.88 Å². The fraction of sp³-hybridized carbons (Fsp3) is 0.0417. The minimum atomic E-state index is -0.395. The Bertz CT molecular complexity index is 1310. The lowest BCUT2D eigenvalue weighted by molar-refractivity contribution is -0.278. The number of halogens is 3. The number of aromatic nitrogens is 2. The van der Waals surface area contributed by atoms with Crippen molar-refractivity contribution in [1.82, 2.24) is 9.78 Å². The van der Waals surface area contributed by atoms with E-state index in [4.69, 9.17) is 34.8 Å². The minimum Gasteiger partial charge on any atom is -0.858 e. The molecule has 32 heavy (non-hydrogen) atoms. The van der Waals surface area contributed by atoms with E-state index in [2.05, 4.69) is 5.10 Å². The van der Waals surface area contributed by atoms with Crippen LogP contribution in [0.4, 0.5) is 0 Å². The number of hydrogen-bond donors (Lipinski definition) is 0. The molecule has 1 heterocycles. The number of nitrogens with zero attached hydrogens (tertiary/aromatic N) is 2. The zero-order chi connectivity index (χ0) is 23.0. The van der Waals surface area contributed by atoms with Crippen molar-refractivity contribution in [2.75, 3.05) is 0 Å². The molecular weight excluding hydrogens is 471 g/mol. The lowest BCUT2D eigenvalue weighted by Gasteiger charge is -2.14. The number of benzene rings is 2. The third kappa shape index (κ3) is 3.91. The van der Waals surface area contributed by atoms with Crippen molar-refractivity contribution in [3.05, 3.63) is 104 Å². The van der Waals surface area contributed by atoms with Gasteiger partial charge in [-0.15, -0.1) is 0 Å². The summed E-state index contributed by atoms with van der Waals surface area (Å²) in [7, 11) is 0. The first kappa shape index (κ1) is 22.1. The Morgan fingerprint density at radius 1 is 0.938 bits per heavy atom. The summed E-state index contributed by atoms with van der Waals surface area (Å²) in [5.74, 6) is -0.988. The molecule has 5 nitrogen and oxygen atoms in total. The topological polar surface area (TPSA) is 75.0 Å². The molecule has 1 aromatic heterocycles. The number of carbonyl (C=O) groups is 2. The SMILES string of the molecule is Cc1nn(-c2c(Cl)cc(Cl)cc2Cl)c([O-])c1C=CC=CC=C1C(=O)c2ccccc2C1=O. The first-order valence-corrected chi connectivity index (χ1v) is 10.6. The number of hydrogen-bond acceptors (Lipinski definition) is 4. The molecule has 0 radical (unpaired) electrons. The number of carbonyl (C=O) groups excluding carboxylic acids is 2. The Morgan fingerprint density at radius 3 is 2.12 bits per heavy atom. The molecule has 0 atom stereocenters. The first-order chi connectivity index (χ1) is 15.3. The van der Waals surface area contributed by atoms with Gasteiger partial charge in [-0.25, -0.2) is 4.68 Å². The fourth-order valence-electron chi connectivity index (χ4n) is 3.39. The molecule has 0 N–H and O–H groups in total. The van der Waals surface area contributed by atoms with Gasteiger partial charge < -0.3 is 5.11 Å². The molecular formula is C24H14Cl3N2O3-. The van der Waals surface area contributed by atoms with Crippen molar-refractivity contribution >= 4 is 52.4 Å². The third-order valence-corrected chi connectivity index (χ3v) is 5.70. The summed E-state index contributed by atoms with van der Waals surface area (Å²) in [4.78, 5) is 24.7. The van der Waals surface area contributed by atoms with E-state index in [0.717, 1.165) is 4.68 Å². The van der Waals surface area contributed by atoms with Crippen molar-refractivity contribution in [1.29, 1.82) is 0 Å². The van der Waals surface area contributed by atoms with E-state index in [1.807, 2.05) is 0 Å². The van der Waals surface area contributed by atoms with Crippen molar-refractivity contribution in [3.63, 3.8) is 0 Å². The van der Waals surface area contributed by atoms with Gasteiger partial charge in [-0.2, -0.15) is 5.10 Å². The van der Waals surface area contributed by atoms with Crippen LogP contribution in [0.15, 0.2) is 66.3 Å². The summed E-state index contributed by atoms with van der Waals surface area (Å²) < 4.78 is 1.13. The third-order valence-electron chi connectivity index (χ3n) is 4.91. The summed E-state index contributed by atoms with van der Waals surface area (Å²) in [6.07, 6.45) is 7.87. The summed E-state index contributed by atoms with van der Waals surface area (Å²) in [6.45, 7) is 1.69. The molecule has 3 aromatic rings. The lowest BCUT2D eigenvalue weighted by atomic mass is 10.1. The monoisotopic (exact) mass is 483 g/mol. The van der Waals surface area contributed by atoms with Gasteiger partial charge in [0.2, 0.25) is 0 Å². The van der Waals surface area contributed by atoms with Crippen LogP contribution in [-0.4, -0.2) is 21.3 Å². The number of rotatable bonds is 4. The molecule has 4 rings (SSSR count). The van der Waals surface area contributed by atoms with Crippen LogP contribution < -0.4 is 5.11 Å². The van der Waals surface area contributed by atoms with Gasteiger partial charge in [-0.3, -0.25) is 9.59 Å². The Balaban J connectivity index is 1.57. The second-order valence-electron chi connectivity index (χ2n) is 6.96. The van der Waals surface area contributed by atoms with Crippen LogP contribution >= 0.6 is 34.8 Å². The Morgan fingerprint density at radius 2 is 1.53 bits per heavy atom. The number of aryl methyl sites for hydroxylation is 1. The molecule has 8 heteroatoms. The molecule has 0 fully saturated rings. The molecule has 1 aliphatic carbocycles. The maximum atomic E-state index is 12.8. The van der Waals surface area contributed by atoms with Crippen molar-refractivity contribution in [2.45, 2.75) is 6.92 Å². The van der Waals surface area contributed by atoms with Crippen LogP contribution in [0, 0.1) is 6.92 Å². The highest BCUT2D eigenvalue weighted by Gasteiger charge is 2.31. The van der Waals surface area contributed by atoms with Gasteiger partial charge in [0.1, 0.15) is 5.69 Å². The molecule has 0 bridgehead atoms. The normalized spacial score (nSPS) is 13.6. The van der Waals surface area contributed by atoms with Gasteiger partial charge >= 0.3 is 0 Å². The Kier molecular flexibility index (Phi) is 6.07. The highest BCUT2D eigenvalue weighted by Crippen LogP contribution is 2.35. The van der Waals surface area contributed by atoms with E-state index in [1.54, 1.807) is 55.5 Å². The predicted octanol–water partition coefficient (Wildman–Crippen LogP) is 5.79. The molecule has 160 valence electrons. The van der Waals surface area contributed by atoms with E-state index in [9.17, 15) is 14.7 Å². The van der Waals surface area contributed by atoms with Crippen LogP contribution in [0.1, 0.15) is 32.0 Å². The van der Waals surface area contributed by atoms with Crippen LogP contribution in [0.2, 0.25) is 15.1 Å². The standard InChI is InChI=1S/C24H15Cl3N2O3/c1-13-15(24(32)29(28-13)21-19(26)11-14(25)12-20(21)27)7-3-2-4-10-18-22(30)16-8-5-6-9-17(16)23(18)31/h2-12,32H,1H3/p-1. The van der Waals surface area contributed by atoms with Crippen LogP contribution in [0.3, 0.4) is 0 Å². The summed E-state index contributed by atoms with van der Waals surface area (Å²) in [6, 6.07) is 9.68. The largest absolute Gasteiger partial charge is 0.858 e. The number of allylic oxidation sites excluding steroid dienone is 5. The second-order valence-corrected chi connectivity index (χ2v) is 8.21. The van der Waals surface area contributed by atoms with Gasteiger partial charge in [0.05, 0.1) is 21.3 Å². The van der Waals surface area contributed by atoms with Gasteiger partial charge in [-0.1, -0.05) is 83.4 Å². The lowest BCUT2D eigenvalue weighted by Crippen LogP contribution is -2.05. The molecule has 2 aromatic carbocycles. The van der Waals surface area contributed by atoms with Crippen LogP contribution in [0.25, 0.3) is 11.8 Å². The summed E-state index contributed by atoms with van der Waals surface area (Å²) in [5.41, 5.74) is 2.01. The predicted molar refractivity (Wildman–Crippen MR) is 124 cm³/mol. The van der Waals surface area contributed by atoms with E-state index >= 15 is 0 Å². The number of Topliss-reactive ketones (excluding diaryl/α,β-unsaturated/α-hetero) is 2. The van der Waals surface area contributed by atoms with E-state index in [-0.39, 0.29) is 32.9 Å². The number of fused-ring (bicyclic) bond motifs is 1. The zero-order valence-corrected chi connectivity index (χ0v) is 18.9. The van der Waals surface area contributed by atoms with Gasteiger partial charge in [0.15, 0.2) is 11.6 Å². The minimum absolute atomic E-state index is 0.108. The molecule has 0 unspecified atom stereocenters. The maximum absolute atomic E-state index is 12.8. The van der Waals surface area contributed by atoms with Crippen molar-refractivity contribution in [2.24, 2.45) is 0 Å². The average Bonchev–Trinajstić information content (AvgIpc) is 3.15. The summed E-state index contributed by atoms with van der Waals surface area (Å²) in [5, 5.41) is 17.8. The number of ketones is 2. The molecule has 0 aliphatic heterocycles. The Labute approximate surface area is 198 Å². The molecule has 0 amide bonds. The smallest absolute Gasteiger partial charge is 0.197 e. The quantitative estimate of drug-likeness (QED) is 0.267. The van der Waals surface area contributed by atoms with Crippen molar-refractivity contribution in [3.8, 4) is 11.6 Å². The second kappa shape index (κ2) is 8.79. The van der Waals surface area contributed by atoms with Gasteiger partial charge in [0, 0.05) is 21.7 Å². The molecule has 0 saturated heterocycles. The zero-order valence-electron chi connectivity index (χ0n) is 16.6. The van der Waals surface area contributed by atoms with Crippen molar-refractivity contribution < 1.29 is 14.7 Å². The van der Waals surface area contributed by atoms with Crippen LogP contribution in [0.5, 0.6) is 5.88 Å². The average molecular weight is 485 g/mol.